The van der Waals surface area contributed by atoms with Crippen LogP contribution in [0, 0.1) is 0 Å². The van der Waals surface area contributed by atoms with E-state index in [1.807, 2.05) is 31.6 Å². The lowest BCUT2D eigenvalue weighted by molar-refractivity contribution is 0.297. The van der Waals surface area contributed by atoms with Crippen LogP contribution in [0.1, 0.15) is 17.2 Å². The average molecular weight is 305 g/mol. The number of benzene rings is 1. The fourth-order valence-electron chi connectivity index (χ4n) is 2.24. The summed E-state index contributed by atoms with van der Waals surface area (Å²) in [6.07, 6.45) is 4.79. The Labute approximate surface area is 128 Å². The first-order chi connectivity index (χ1) is 10.3. The monoisotopic (exact) mass is 305 g/mol. The topological polar surface area (TPSA) is 62.3 Å². The van der Waals surface area contributed by atoms with Gasteiger partial charge >= 0.3 is 0 Å². The maximum Gasteiger partial charge on any atom is 0.162 e. The smallest absolute Gasteiger partial charge is 0.162 e. The van der Waals surface area contributed by atoms with Crippen LogP contribution in [-0.2, 0) is 7.05 Å². The Bertz CT molecular complexity index is 615. The third kappa shape index (κ3) is 3.33. The van der Waals surface area contributed by atoms with Gasteiger partial charge in [0.1, 0.15) is 0 Å². The van der Waals surface area contributed by atoms with Crippen LogP contribution in [0.25, 0.3) is 0 Å². The molecule has 0 bridgehead atoms. The number of nitrogens with zero attached hydrogens (tertiary/aromatic N) is 2. The van der Waals surface area contributed by atoms with Gasteiger partial charge in [-0.1, -0.05) is 0 Å². The molecule has 0 aliphatic carbocycles. The molecule has 0 saturated heterocycles. The number of hydrogen-bond donors (Lipinski definition) is 1. The first-order valence-corrected chi connectivity index (χ1v) is 7.89. The highest BCUT2D eigenvalue weighted by molar-refractivity contribution is 7.99. The van der Waals surface area contributed by atoms with Gasteiger partial charge < -0.3 is 15.2 Å². The molecule has 5 nitrogen and oxygen atoms in total. The van der Waals surface area contributed by atoms with E-state index >= 15 is 0 Å². The zero-order chi connectivity index (χ0) is 14.7. The molecular formula is C15H19N3O2S. The molecule has 112 valence electrons. The molecule has 1 atom stereocenters. The van der Waals surface area contributed by atoms with E-state index in [1.54, 1.807) is 16.4 Å². The van der Waals surface area contributed by atoms with Gasteiger partial charge in [-0.05, 0) is 18.2 Å². The molecule has 0 spiro atoms. The lowest BCUT2D eigenvalue weighted by Gasteiger charge is -2.14. The predicted octanol–water partition coefficient (Wildman–Crippen LogP) is 2.37. The summed E-state index contributed by atoms with van der Waals surface area (Å²) in [6.45, 7) is 1.97. The second-order valence-electron chi connectivity index (χ2n) is 4.95. The third-order valence-electron chi connectivity index (χ3n) is 3.31. The van der Waals surface area contributed by atoms with Crippen LogP contribution in [0.2, 0.25) is 0 Å². The minimum Gasteiger partial charge on any atom is -0.490 e. The van der Waals surface area contributed by atoms with Gasteiger partial charge in [0.05, 0.1) is 19.4 Å². The Hall–Kier alpha value is -1.66. The van der Waals surface area contributed by atoms with Crippen molar-refractivity contribution in [2.75, 3.05) is 19.8 Å². The SMILES string of the molecule is Cn1cc(C(CN)Sc2ccc3c(c2)OCCCO3)cn1. The van der Waals surface area contributed by atoms with Gasteiger partial charge in [0.2, 0.25) is 0 Å². The lowest BCUT2D eigenvalue weighted by Crippen LogP contribution is -2.08. The largest absolute Gasteiger partial charge is 0.490 e. The van der Waals surface area contributed by atoms with Crippen molar-refractivity contribution in [3.63, 3.8) is 0 Å². The number of hydrogen-bond acceptors (Lipinski definition) is 5. The van der Waals surface area contributed by atoms with Gasteiger partial charge in [0.25, 0.3) is 0 Å². The fourth-order valence-corrected chi connectivity index (χ4v) is 3.24. The molecule has 1 aromatic carbocycles. The van der Waals surface area contributed by atoms with Gasteiger partial charge in [-0.15, -0.1) is 11.8 Å². The summed E-state index contributed by atoms with van der Waals surface area (Å²) >= 11 is 1.72. The van der Waals surface area contributed by atoms with Crippen molar-refractivity contribution in [3.05, 3.63) is 36.2 Å². The summed E-state index contributed by atoms with van der Waals surface area (Å²) in [7, 11) is 1.91. The molecule has 2 heterocycles. The van der Waals surface area contributed by atoms with Gasteiger partial charge in [0.15, 0.2) is 11.5 Å². The maximum absolute atomic E-state index is 5.91. The molecular weight excluding hydrogens is 286 g/mol. The van der Waals surface area contributed by atoms with E-state index in [1.165, 1.54) is 0 Å². The Morgan fingerprint density at radius 1 is 1.33 bits per heavy atom. The van der Waals surface area contributed by atoms with E-state index in [9.17, 15) is 0 Å². The number of ether oxygens (including phenoxy) is 2. The zero-order valence-corrected chi connectivity index (χ0v) is 12.8. The minimum absolute atomic E-state index is 0.184. The van der Waals surface area contributed by atoms with Crippen LogP contribution in [0.15, 0.2) is 35.5 Å². The summed E-state index contributed by atoms with van der Waals surface area (Å²) in [4.78, 5) is 1.12. The molecule has 3 rings (SSSR count). The third-order valence-corrected chi connectivity index (χ3v) is 4.58. The van der Waals surface area contributed by atoms with Crippen molar-refractivity contribution in [2.45, 2.75) is 16.6 Å². The number of fused-ring (bicyclic) bond motifs is 1. The van der Waals surface area contributed by atoms with E-state index in [-0.39, 0.29) is 5.25 Å². The molecule has 2 aromatic rings. The molecule has 21 heavy (non-hydrogen) atoms. The van der Waals surface area contributed by atoms with Crippen LogP contribution < -0.4 is 15.2 Å². The van der Waals surface area contributed by atoms with Gasteiger partial charge in [-0.25, -0.2) is 0 Å². The van der Waals surface area contributed by atoms with Crippen molar-refractivity contribution in [1.29, 1.82) is 0 Å². The fraction of sp³-hybridized carbons (Fsp3) is 0.400. The highest BCUT2D eigenvalue weighted by atomic mass is 32.2. The van der Waals surface area contributed by atoms with Crippen LogP contribution in [0.4, 0.5) is 0 Å². The molecule has 1 aromatic heterocycles. The quantitative estimate of drug-likeness (QED) is 0.879. The van der Waals surface area contributed by atoms with Crippen LogP contribution in [0.5, 0.6) is 11.5 Å². The number of rotatable bonds is 4. The first kappa shape index (κ1) is 14.3. The second-order valence-corrected chi connectivity index (χ2v) is 6.22. The molecule has 1 aliphatic rings. The molecule has 0 fully saturated rings. The standard InChI is InChI=1S/C15H19N3O2S/c1-18-10-11(9-17-18)15(8-16)21-12-3-4-13-14(7-12)20-6-2-5-19-13/h3-4,7,9-10,15H,2,5-6,8,16H2,1H3. The Morgan fingerprint density at radius 2 is 2.14 bits per heavy atom. The number of aryl methyl sites for hydroxylation is 1. The number of thioether (sulfide) groups is 1. The lowest BCUT2D eigenvalue weighted by atomic mass is 10.2. The molecule has 0 radical (unpaired) electrons. The summed E-state index contributed by atoms with van der Waals surface area (Å²) in [5, 5.41) is 4.40. The minimum atomic E-state index is 0.184. The molecule has 6 heteroatoms. The molecule has 0 amide bonds. The zero-order valence-electron chi connectivity index (χ0n) is 12.0. The molecule has 0 saturated carbocycles. The van der Waals surface area contributed by atoms with Crippen molar-refractivity contribution < 1.29 is 9.47 Å². The first-order valence-electron chi connectivity index (χ1n) is 7.01. The van der Waals surface area contributed by atoms with Crippen LogP contribution >= 0.6 is 11.8 Å². The number of aromatic nitrogens is 2. The van der Waals surface area contributed by atoms with Crippen molar-refractivity contribution in [1.82, 2.24) is 9.78 Å². The molecule has 1 unspecified atom stereocenters. The van der Waals surface area contributed by atoms with E-state index in [0.717, 1.165) is 28.4 Å². The van der Waals surface area contributed by atoms with E-state index < -0.39 is 0 Å². The Balaban J connectivity index is 1.79. The van der Waals surface area contributed by atoms with E-state index in [2.05, 4.69) is 11.2 Å². The average Bonchev–Trinajstić information content (AvgIpc) is 2.79. The second kappa shape index (κ2) is 6.41. The Morgan fingerprint density at radius 3 is 2.86 bits per heavy atom. The molecule has 1 aliphatic heterocycles. The van der Waals surface area contributed by atoms with Gasteiger partial charge in [-0.3, -0.25) is 4.68 Å². The van der Waals surface area contributed by atoms with Crippen LogP contribution in [0.3, 0.4) is 0 Å². The molecule has 2 N–H and O–H groups in total. The van der Waals surface area contributed by atoms with Crippen molar-refractivity contribution in [3.8, 4) is 11.5 Å². The summed E-state index contributed by atoms with van der Waals surface area (Å²) in [5.74, 6) is 1.64. The van der Waals surface area contributed by atoms with E-state index in [4.69, 9.17) is 15.2 Å². The Kier molecular flexibility index (Phi) is 4.36. The normalized spacial score (nSPS) is 15.5. The van der Waals surface area contributed by atoms with Gasteiger partial charge in [-0.2, -0.15) is 5.10 Å². The van der Waals surface area contributed by atoms with Gasteiger partial charge in [0, 0.05) is 41.9 Å². The van der Waals surface area contributed by atoms with E-state index in [0.29, 0.717) is 19.8 Å². The van der Waals surface area contributed by atoms with Crippen molar-refractivity contribution in [2.24, 2.45) is 12.8 Å². The van der Waals surface area contributed by atoms with Crippen molar-refractivity contribution >= 4 is 11.8 Å². The summed E-state index contributed by atoms with van der Waals surface area (Å²) in [5.41, 5.74) is 7.05. The predicted molar refractivity (Wildman–Crippen MR) is 82.9 cm³/mol. The summed E-state index contributed by atoms with van der Waals surface area (Å²) in [6, 6.07) is 6.06. The summed E-state index contributed by atoms with van der Waals surface area (Å²) < 4.78 is 13.2. The number of nitrogens with two attached hydrogens (primary N) is 1. The highest BCUT2D eigenvalue weighted by Crippen LogP contribution is 2.39. The highest BCUT2D eigenvalue weighted by Gasteiger charge is 2.16. The maximum atomic E-state index is 5.91. The van der Waals surface area contributed by atoms with Crippen LogP contribution in [-0.4, -0.2) is 29.5 Å².